The number of non-ortho nitro benzene ring substituents is 1. The first-order chi connectivity index (χ1) is 8.95. The maximum atomic E-state index is 13.2. The average molecular weight is 283 g/mol. The average Bonchev–Trinajstić information content (AvgIpc) is 2.33. The van der Waals surface area contributed by atoms with Gasteiger partial charge in [-0.25, -0.2) is 4.39 Å². The summed E-state index contributed by atoms with van der Waals surface area (Å²) in [6.07, 6.45) is 0. The van der Waals surface area contributed by atoms with Crippen molar-refractivity contribution >= 4 is 23.0 Å². The largest absolute Gasteiger partial charge is 0.457 e. The van der Waals surface area contributed by atoms with E-state index in [1.54, 1.807) is 0 Å². The predicted molar refractivity (Wildman–Crippen MR) is 69.0 cm³/mol. The van der Waals surface area contributed by atoms with E-state index in [-0.39, 0.29) is 27.9 Å². The lowest BCUT2D eigenvalue weighted by Gasteiger charge is -2.07. The van der Waals surface area contributed by atoms with Crippen LogP contribution in [0.25, 0.3) is 0 Å². The Labute approximate surface area is 112 Å². The van der Waals surface area contributed by atoms with E-state index in [2.05, 4.69) is 0 Å². The van der Waals surface area contributed by atoms with Gasteiger partial charge in [0.15, 0.2) is 0 Å². The molecule has 2 rings (SSSR count). The van der Waals surface area contributed by atoms with Gasteiger partial charge in [0.2, 0.25) is 0 Å². The molecule has 0 fully saturated rings. The number of halogens is 2. The number of anilines is 1. The quantitative estimate of drug-likeness (QED) is 0.528. The number of nitrogens with zero attached hydrogens (tertiary/aromatic N) is 1. The van der Waals surface area contributed by atoms with Crippen LogP contribution in [-0.2, 0) is 0 Å². The van der Waals surface area contributed by atoms with Gasteiger partial charge in [0.25, 0.3) is 5.69 Å². The van der Waals surface area contributed by atoms with Crippen molar-refractivity contribution in [1.29, 1.82) is 0 Å². The van der Waals surface area contributed by atoms with Gasteiger partial charge in [-0.1, -0.05) is 11.6 Å². The van der Waals surface area contributed by atoms with Crippen LogP contribution < -0.4 is 10.5 Å². The Balaban J connectivity index is 2.32. The molecule has 0 atom stereocenters. The molecule has 0 amide bonds. The minimum Gasteiger partial charge on any atom is -0.457 e. The fourth-order valence-electron chi connectivity index (χ4n) is 1.45. The Hall–Kier alpha value is -2.34. The first-order valence-corrected chi connectivity index (χ1v) is 5.51. The zero-order valence-corrected chi connectivity index (χ0v) is 10.2. The van der Waals surface area contributed by atoms with E-state index in [1.165, 1.54) is 30.3 Å². The van der Waals surface area contributed by atoms with Crippen molar-refractivity contribution in [2.24, 2.45) is 0 Å². The van der Waals surface area contributed by atoms with Gasteiger partial charge < -0.3 is 10.5 Å². The van der Waals surface area contributed by atoms with Crippen molar-refractivity contribution in [3.8, 4) is 11.5 Å². The Morgan fingerprint density at radius 3 is 2.58 bits per heavy atom. The van der Waals surface area contributed by atoms with Crippen molar-refractivity contribution in [2.45, 2.75) is 0 Å². The van der Waals surface area contributed by atoms with E-state index in [1.807, 2.05) is 0 Å². The Morgan fingerprint density at radius 2 is 1.95 bits per heavy atom. The summed E-state index contributed by atoms with van der Waals surface area (Å²) in [7, 11) is 0. The van der Waals surface area contributed by atoms with Crippen LogP contribution in [0.2, 0.25) is 5.02 Å². The summed E-state index contributed by atoms with van der Waals surface area (Å²) in [4.78, 5) is 10.1. The van der Waals surface area contributed by atoms with E-state index < -0.39 is 10.7 Å². The molecule has 2 aromatic carbocycles. The zero-order chi connectivity index (χ0) is 14.0. The molecule has 0 heterocycles. The lowest BCUT2D eigenvalue weighted by Crippen LogP contribution is -1.93. The highest BCUT2D eigenvalue weighted by molar-refractivity contribution is 6.30. The molecule has 0 saturated heterocycles. The minimum atomic E-state index is -0.641. The van der Waals surface area contributed by atoms with Crippen LogP contribution in [0.4, 0.5) is 15.8 Å². The van der Waals surface area contributed by atoms with E-state index in [0.717, 1.165) is 6.07 Å². The third-order valence-corrected chi connectivity index (χ3v) is 2.56. The number of nitrogen functional groups attached to an aromatic ring is 1. The third-order valence-electron chi connectivity index (χ3n) is 2.25. The fourth-order valence-corrected chi connectivity index (χ4v) is 1.56. The molecule has 7 heteroatoms. The van der Waals surface area contributed by atoms with Gasteiger partial charge >= 0.3 is 0 Å². The predicted octanol–water partition coefficient (Wildman–Crippen LogP) is 3.76. The number of benzene rings is 2. The molecule has 0 spiro atoms. The van der Waals surface area contributed by atoms with Crippen LogP contribution in [0.3, 0.4) is 0 Å². The molecular formula is C12H8ClFN2O3. The van der Waals surface area contributed by atoms with Crippen LogP contribution in [0.15, 0.2) is 36.4 Å². The van der Waals surface area contributed by atoms with Gasteiger partial charge in [0.05, 0.1) is 16.0 Å². The summed E-state index contributed by atoms with van der Waals surface area (Å²) in [6, 6.07) is 7.66. The fraction of sp³-hybridized carbons (Fsp3) is 0. The SMILES string of the molecule is Nc1cc(Oc2ccc(Cl)c(F)c2)cc([N+](=O)[O-])c1. The van der Waals surface area contributed by atoms with Gasteiger partial charge in [-0.2, -0.15) is 0 Å². The highest BCUT2D eigenvalue weighted by Crippen LogP contribution is 2.29. The summed E-state index contributed by atoms with van der Waals surface area (Å²) in [5, 5.41) is 10.6. The molecule has 0 bridgehead atoms. The summed E-state index contributed by atoms with van der Waals surface area (Å²) < 4.78 is 18.5. The lowest BCUT2D eigenvalue weighted by molar-refractivity contribution is -0.384. The van der Waals surface area contributed by atoms with Crippen molar-refractivity contribution in [2.75, 3.05) is 5.73 Å². The maximum absolute atomic E-state index is 13.2. The molecule has 19 heavy (non-hydrogen) atoms. The molecule has 0 saturated carbocycles. The Bertz CT molecular complexity index is 649. The second-order valence-corrected chi connectivity index (χ2v) is 4.10. The molecule has 0 aliphatic heterocycles. The monoisotopic (exact) mass is 282 g/mol. The van der Waals surface area contributed by atoms with Crippen molar-refractivity contribution < 1.29 is 14.1 Å². The van der Waals surface area contributed by atoms with Crippen LogP contribution in [-0.4, -0.2) is 4.92 Å². The molecule has 5 nitrogen and oxygen atoms in total. The normalized spacial score (nSPS) is 10.2. The number of hydrogen-bond acceptors (Lipinski definition) is 4. The minimum absolute atomic E-state index is 0.0362. The van der Waals surface area contributed by atoms with E-state index >= 15 is 0 Å². The maximum Gasteiger partial charge on any atom is 0.275 e. The second-order valence-electron chi connectivity index (χ2n) is 3.70. The van der Waals surface area contributed by atoms with Gasteiger partial charge in [-0.15, -0.1) is 0 Å². The molecule has 0 radical (unpaired) electrons. The van der Waals surface area contributed by atoms with E-state index in [9.17, 15) is 14.5 Å². The number of nitro groups is 1. The number of ether oxygens (including phenoxy) is 1. The topological polar surface area (TPSA) is 78.4 Å². The smallest absolute Gasteiger partial charge is 0.275 e. The number of rotatable bonds is 3. The molecule has 0 unspecified atom stereocenters. The summed E-state index contributed by atoms with van der Waals surface area (Å²) >= 11 is 5.54. The lowest BCUT2D eigenvalue weighted by atomic mass is 10.2. The third kappa shape index (κ3) is 3.11. The Kier molecular flexibility index (Phi) is 3.52. The van der Waals surface area contributed by atoms with Gasteiger partial charge in [-0.05, 0) is 12.1 Å². The first kappa shape index (κ1) is 13.1. The summed E-state index contributed by atoms with van der Waals surface area (Å²) in [5.74, 6) is -0.326. The van der Waals surface area contributed by atoms with E-state index in [0.29, 0.717) is 0 Å². The number of nitro benzene ring substituents is 1. The number of hydrogen-bond donors (Lipinski definition) is 1. The molecule has 0 aromatic heterocycles. The highest BCUT2D eigenvalue weighted by Gasteiger charge is 2.10. The second kappa shape index (κ2) is 5.11. The Morgan fingerprint density at radius 1 is 1.21 bits per heavy atom. The zero-order valence-electron chi connectivity index (χ0n) is 9.47. The highest BCUT2D eigenvalue weighted by atomic mass is 35.5. The molecule has 0 aliphatic rings. The van der Waals surface area contributed by atoms with Crippen molar-refractivity contribution in [1.82, 2.24) is 0 Å². The van der Waals surface area contributed by atoms with Crippen LogP contribution in [0.1, 0.15) is 0 Å². The molecule has 0 aliphatic carbocycles. The molecule has 2 aromatic rings. The molecule has 2 N–H and O–H groups in total. The van der Waals surface area contributed by atoms with Gasteiger partial charge in [0.1, 0.15) is 17.3 Å². The van der Waals surface area contributed by atoms with Crippen LogP contribution >= 0.6 is 11.6 Å². The molecular weight excluding hydrogens is 275 g/mol. The van der Waals surface area contributed by atoms with Crippen LogP contribution in [0, 0.1) is 15.9 Å². The summed E-state index contributed by atoms with van der Waals surface area (Å²) in [5.41, 5.74) is 5.50. The first-order valence-electron chi connectivity index (χ1n) is 5.13. The molecule has 98 valence electrons. The van der Waals surface area contributed by atoms with Gasteiger partial charge in [-0.3, -0.25) is 10.1 Å². The summed E-state index contributed by atoms with van der Waals surface area (Å²) in [6.45, 7) is 0. The standard InChI is InChI=1S/C12H8ClFN2O3/c13-11-2-1-9(6-12(11)14)19-10-4-7(15)3-8(5-10)16(17)18/h1-6H,15H2. The van der Waals surface area contributed by atoms with E-state index in [4.69, 9.17) is 22.1 Å². The van der Waals surface area contributed by atoms with Gasteiger partial charge in [0, 0.05) is 23.9 Å². The van der Waals surface area contributed by atoms with Crippen molar-refractivity contribution in [3.63, 3.8) is 0 Å². The van der Waals surface area contributed by atoms with Crippen LogP contribution in [0.5, 0.6) is 11.5 Å². The number of nitrogens with two attached hydrogens (primary N) is 1. The van der Waals surface area contributed by atoms with Crippen molar-refractivity contribution in [3.05, 3.63) is 57.4 Å².